The van der Waals surface area contributed by atoms with Gasteiger partial charge in [0.25, 0.3) is 0 Å². The summed E-state index contributed by atoms with van der Waals surface area (Å²) in [5.74, 6) is -0.973. The fourth-order valence-corrected chi connectivity index (χ4v) is 2.26. The molecule has 0 aliphatic rings. The molecule has 5 N–H and O–H groups in total. The Morgan fingerprint density at radius 2 is 2.11 bits per heavy atom. The third-order valence-electron chi connectivity index (χ3n) is 3.23. The number of hydrogen-bond donors (Lipinski definition) is 3. The lowest BCUT2D eigenvalue weighted by Gasteiger charge is -2.04. The Morgan fingerprint density at radius 3 is 2.79 bits per heavy atom. The van der Waals surface area contributed by atoms with Crippen molar-refractivity contribution in [1.29, 1.82) is 0 Å². The van der Waals surface area contributed by atoms with E-state index in [1.807, 2.05) is 30.5 Å². The van der Waals surface area contributed by atoms with E-state index in [-0.39, 0.29) is 0 Å². The van der Waals surface area contributed by atoms with Crippen molar-refractivity contribution >= 4 is 16.9 Å². The van der Waals surface area contributed by atoms with Crippen molar-refractivity contribution in [2.24, 2.45) is 11.5 Å². The fourth-order valence-electron chi connectivity index (χ4n) is 2.26. The molecule has 0 spiro atoms. The van der Waals surface area contributed by atoms with Crippen LogP contribution in [0.15, 0.2) is 30.5 Å². The standard InChI is InChI=1S/C14H19N3O2/c15-6-3-7-17-9-10(8-12(16)14(18)19)11-4-1-2-5-13(11)17/h1-2,4-5,9,12H,3,6-8,15-16H2,(H,18,19)/t12-/m0/s1. The summed E-state index contributed by atoms with van der Waals surface area (Å²) < 4.78 is 2.12. The van der Waals surface area contributed by atoms with Gasteiger partial charge in [-0.25, -0.2) is 0 Å². The molecule has 2 rings (SSSR count). The van der Waals surface area contributed by atoms with Crippen LogP contribution in [0.25, 0.3) is 10.9 Å². The molecular weight excluding hydrogens is 242 g/mol. The first kappa shape index (κ1) is 13.6. The summed E-state index contributed by atoms with van der Waals surface area (Å²) in [5.41, 5.74) is 13.2. The monoisotopic (exact) mass is 261 g/mol. The number of aliphatic carboxylic acids is 1. The normalized spacial score (nSPS) is 12.7. The van der Waals surface area contributed by atoms with Gasteiger partial charge in [-0.3, -0.25) is 4.79 Å². The second-order valence-corrected chi connectivity index (χ2v) is 4.66. The third-order valence-corrected chi connectivity index (χ3v) is 3.23. The van der Waals surface area contributed by atoms with Crippen LogP contribution in [0.3, 0.4) is 0 Å². The molecule has 1 aromatic heterocycles. The highest BCUT2D eigenvalue weighted by Gasteiger charge is 2.16. The molecule has 5 heteroatoms. The molecule has 0 aliphatic carbocycles. The number of benzene rings is 1. The molecule has 0 bridgehead atoms. The van der Waals surface area contributed by atoms with Crippen LogP contribution in [0.5, 0.6) is 0 Å². The van der Waals surface area contributed by atoms with Crippen LogP contribution < -0.4 is 11.5 Å². The van der Waals surface area contributed by atoms with E-state index in [1.165, 1.54) is 0 Å². The van der Waals surface area contributed by atoms with E-state index < -0.39 is 12.0 Å². The summed E-state index contributed by atoms with van der Waals surface area (Å²) in [6.07, 6.45) is 3.22. The smallest absolute Gasteiger partial charge is 0.320 e. The second-order valence-electron chi connectivity index (χ2n) is 4.66. The maximum atomic E-state index is 10.9. The Labute approximate surface area is 111 Å². The van der Waals surface area contributed by atoms with Gasteiger partial charge in [0.2, 0.25) is 0 Å². The molecule has 19 heavy (non-hydrogen) atoms. The first-order valence-electron chi connectivity index (χ1n) is 6.38. The number of carbonyl (C=O) groups is 1. The number of aryl methyl sites for hydroxylation is 1. The number of fused-ring (bicyclic) bond motifs is 1. The van der Waals surface area contributed by atoms with Crippen molar-refractivity contribution in [2.45, 2.75) is 25.4 Å². The average Bonchev–Trinajstić information content (AvgIpc) is 2.75. The van der Waals surface area contributed by atoms with Crippen LogP contribution in [0, 0.1) is 0 Å². The lowest BCUT2D eigenvalue weighted by atomic mass is 10.1. The summed E-state index contributed by atoms with van der Waals surface area (Å²) in [6.45, 7) is 1.47. The molecule has 1 aromatic carbocycles. The van der Waals surface area contributed by atoms with E-state index >= 15 is 0 Å². The van der Waals surface area contributed by atoms with E-state index in [2.05, 4.69) is 4.57 Å². The zero-order chi connectivity index (χ0) is 13.8. The topological polar surface area (TPSA) is 94.3 Å². The van der Waals surface area contributed by atoms with Gasteiger partial charge in [0.15, 0.2) is 0 Å². The van der Waals surface area contributed by atoms with E-state index in [9.17, 15) is 4.79 Å². The highest BCUT2D eigenvalue weighted by molar-refractivity contribution is 5.85. The van der Waals surface area contributed by atoms with Crippen molar-refractivity contribution < 1.29 is 9.90 Å². The minimum Gasteiger partial charge on any atom is -0.480 e. The zero-order valence-electron chi connectivity index (χ0n) is 10.7. The molecule has 0 amide bonds. The van der Waals surface area contributed by atoms with E-state index in [4.69, 9.17) is 16.6 Å². The van der Waals surface area contributed by atoms with Gasteiger partial charge < -0.3 is 21.1 Å². The van der Waals surface area contributed by atoms with Gasteiger partial charge in [0, 0.05) is 30.1 Å². The number of rotatable bonds is 6. The number of nitrogens with two attached hydrogens (primary N) is 2. The number of carboxylic acid groups (broad SMARTS) is 1. The van der Waals surface area contributed by atoms with E-state index in [0.717, 1.165) is 29.4 Å². The highest BCUT2D eigenvalue weighted by Crippen LogP contribution is 2.22. The molecule has 1 heterocycles. The molecule has 0 unspecified atom stereocenters. The number of aromatic nitrogens is 1. The van der Waals surface area contributed by atoms with Crippen molar-refractivity contribution in [3.8, 4) is 0 Å². The molecule has 0 radical (unpaired) electrons. The first-order valence-corrected chi connectivity index (χ1v) is 6.38. The van der Waals surface area contributed by atoms with Gasteiger partial charge >= 0.3 is 5.97 Å². The van der Waals surface area contributed by atoms with Gasteiger partial charge in [-0.2, -0.15) is 0 Å². The average molecular weight is 261 g/mol. The number of carboxylic acids is 1. The van der Waals surface area contributed by atoms with Gasteiger partial charge in [-0.05, 0) is 24.6 Å². The van der Waals surface area contributed by atoms with Crippen LogP contribution in [0.2, 0.25) is 0 Å². The fraction of sp³-hybridized carbons (Fsp3) is 0.357. The second kappa shape index (κ2) is 5.86. The van der Waals surface area contributed by atoms with Crippen LogP contribution in [0.4, 0.5) is 0 Å². The Balaban J connectivity index is 2.35. The Bertz CT molecular complexity index is 577. The molecule has 5 nitrogen and oxygen atoms in total. The number of hydrogen-bond acceptors (Lipinski definition) is 3. The Kier molecular flexibility index (Phi) is 4.19. The molecule has 0 saturated heterocycles. The maximum Gasteiger partial charge on any atom is 0.320 e. The van der Waals surface area contributed by atoms with Gasteiger partial charge in [0.05, 0.1) is 0 Å². The molecule has 0 fully saturated rings. The van der Waals surface area contributed by atoms with Crippen molar-refractivity contribution in [3.05, 3.63) is 36.0 Å². The van der Waals surface area contributed by atoms with Crippen LogP contribution >= 0.6 is 0 Å². The van der Waals surface area contributed by atoms with Gasteiger partial charge in [-0.15, -0.1) is 0 Å². The quantitative estimate of drug-likeness (QED) is 0.721. The lowest BCUT2D eigenvalue weighted by Crippen LogP contribution is -2.32. The van der Waals surface area contributed by atoms with Crippen LogP contribution in [0.1, 0.15) is 12.0 Å². The SMILES string of the molecule is NCCCn1cc(C[C@H](N)C(=O)O)c2ccccc21. The highest BCUT2D eigenvalue weighted by atomic mass is 16.4. The predicted octanol–water partition coefficient (Wildman–Crippen LogP) is 0.945. The van der Waals surface area contributed by atoms with Crippen molar-refractivity contribution in [1.82, 2.24) is 4.57 Å². The zero-order valence-corrected chi connectivity index (χ0v) is 10.7. The van der Waals surface area contributed by atoms with Crippen LogP contribution in [-0.4, -0.2) is 28.2 Å². The summed E-state index contributed by atoms with van der Waals surface area (Å²) in [7, 11) is 0. The van der Waals surface area contributed by atoms with Crippen LogP contribution in [-0.2, 0) is 17.8 Å². The molecule has 2 aromatic rings. The minimum atomic E-state index is -0.973. The number of nitrogens with zero attached hydrogens (tertiary/aromatic N) is 1. The summed E-state index contributed by atoms with van der Waals surface area (Å²) in [4.78, 5) is 10.9. The maximum absolute atomic E-state index is 10.9. The molecule has 102 valence electrons. The molecule has 0 aliphatic heterocycles. The lowest BCUT2D eigenvalue weighted by molar-refractivity contribution is -0.138. The van der Waals surface area contributed by atoms with E-state index in [0.29, 0.717) is 13.0 Å². The predicted molar refractivity (Wildman–Crippen MR) is 74.9 cm³/mol. The van der Waals surface area contributed by atoms with Crippen molar-refractivity contribution in [2.75, 3.05) is 6.54 Å². The summed E-state index contributed by atoms with van der Waals surface area (Å²) in [6, 6.07) is 7.08. The molecular formula is C14H19N3O2. The minimum absolute atomic E-state index is 0.339. The number of para-hydroxylation sites is 1. The Hall–Kier alpha value is -1.85. The first-order chi connectivity index (χ1) is 9.13. The molecule has 0 saturated carbocycles. The van der Waals surface area contributed by atoms with Gasteiger partial charge in [0.1, 0.15) is 6.04 Å². The Morgan fingerprint density at radius 1 is 1.37 bits per heavy atom. The van der Waals surface area contributed by atoms with E-state index in [1.54, 1.807) is 0 Å². The largest absolute Gasteiger partial charge is 0.480 e. The molecule has 1 atom stereocenters. The van der Waals surface area contributed by atoms with Crippen molar-refractivity contribution in [3.63, 3.8) is 0 Å². The van der Waals surface area contributed by atoms with Gasteiger partial charge in [-0.1, -0.05) is 18.2 Å². The summed E-state index contributed by atoms with van der Waals surface area (Å²) in [5, 5.41) is 9.98. The third kappa shape index (κ3) is 2.94. The summed E-state index contributed by atoms with van der Waals surface area (Å²) >= 11 is 0.